The lowest BCUT2D eigenvalue weighted by atomic mass is 9.87. The van der Waals surface area contributed by atoms with Gasteiger partial charge in [-0.1, -0.05) is 34.1 Å². The van der Waals surface area contributed by atoms with Crippen LogP contribution in [0.3, 0.4) is 0 Å². The summed E-state index contributed by atoms with van der Waals surface area (Å²) in [4.78, 5) is 38.2. The molecule has 0 aromatic heterocycles. The highest BCUT2D eigenvalue weighted by molar-refractivity contribution is 9.10. The lowest BCUT2D eigenvalue weighted by molar-refractivity contribution is -0.149. The predicted octanol–water partition coefficient (Wildman–Crippen LogP) is 5.27. The molecule has 1 N–H and O–H groups in total. The number of amides is 1. The molecule has 0 unspecified atom stereocenters. The number of halogens is 3. The standard InChI is InChI=1S/C22H22BrF2NO5/c1-20(2,3)31-19(30)26-12-22(24,25)11-21(26,18(28)29)10-17(27)15-5-4-14-9-16(23)7-6-13(14)8-15/h4-9H,10-12H2,1-3H3,(H,28,29)/t21-/m0/s1. The van der Waals surface area contributed by atoms with E-state index in [-0.39, 0.29) is 5.56 Å². The van der Waals surface area contributed by atoms with E-state index in [0.29, 0.717) is 4.90 Å². The molecule has 0 saturated carbocycles. The summed E-state index contributed by atoms with van der Waals surface area (Å²) >= 11 is 3.36. The first-order valence-electron chi connectivity index (χ1n) is 9.57. The van der Waals surface area contributed by atoms with Crippen LogP contribution >= 0.6 is 15.9 Å². The molecule has 1 amide bonds. The Morgan fingerprint density at radius 1 is 1.13 bits per heavy atom. The van der Waals surface area contributed by atoms with Crippen molar-refractivity contribution in [3.63, 3.8) is 0 Å². The predicted molar refractivity (Wildman–Crippen MR) is 113 cm³/mol. The Morgan fingerprint density at radius 2 is 1.74 bits per heavy atom. The van der Waals surface area contributed by atoms with E-state index in [4.69, 9.17) is 4.74 Å². The highest BCUT2D eigenvalue weighted by Gasteiger charge is 2.62. The third kappa shape index (κ3) is 4.87. The summed E-state index contributed by atoms with van der Waals surface area (Å²) in [5, 5.41) is 11.5. The number of carbonyl (C=O) groups excluding carboxylic acids is 2. The molecular weight excluding hydrogens is 476 g/mol. The van der Waals surface area contributed by atoms with Gasteiger partial charge in [0.25, 0.3) is 5.92 Å². The number of fused-ring (bicyclic) bond motifs is 1. The second-order valence-electron chi connectivity index (χ2n) is 8.74. The maximum absolute atomic E-state index is 14.3. The molecule has 2 aromatic rings. The summed E-state index contributed by atoms with van der Waals surface area (Å²) in [7, 11) is 0. The summed E-state index contributed by atoms with van der Waals surface area (Å²) in [5.74, 6) is -5.79. The normalized spacial score (nSPS) is 20.6. The molecule has 1 saturated heterocycles. The van der Waals surface area contributed by atoms with Gasteiger partial charge in [-0.2, -0.15) is 0 Å². The van der Waals surface area contributed by atoms with E-state index in [1.165, 1.54) is 6.07 Å². The van der Waals surface area contributed by atoms with E-state index in [2.05, 4.69) is 15.9 Å². The van der Waals surface area contributed by atoms with Crippen LogP contribution in [0.15, 0.2) is 40.9 Å². The lowest BCUT2D eigenvalue weighted by Gasteiger charge is -2.34. The number of nitrogens with zero attached hydrogens (tertiary/aromatic N) is 1. The zero-order valence-corrected chi connectivity index (χ0v) is 18.8. The van der Waals surface area contributed by atoms with Crippen molar-refractivity contribution in [1.29, 1.82) is 0 Å². The van der Waals surface area contributed by atoms with Crippen molar-refractivity contribution in [2.24, 2.45) is 0 Å². The van der Waals surface area contributed by atoms with Crippen molar-refractivity contribution in [3.8, 4) is 0 Å². The fraction of sp³-hybridized carbons (Fsp3) is 0.409. The maximum atomic E-state index is 14.3. The summed E-state index contributed by atoms with van der Waals surface area (Å²) < 4.78 is 34.6. The molecule has 0 radical (unpaired) electrons. The van der Waals surface area contributed by atoms with Crippen molar-refractivity contribution < 1.29 is 33.0 Å². The van der Waals surface area contributed by atoms with Crippen molar-refractivity contribution >= 4 is 44.5 Å². The number of aliphatic carboxylic acids is 1. The van der Waals surface area contributed by atoms with Gasteiger partial charge >= 0.3 is 12.1 Å². The summed E-state index contributed by atoms with van der Waals surface area (Å²) in [6.45, 7) is 3.49. The van der Waals surface area contributed by atoms with Gasteiger partial charge in [0.05, 0.1) is 6.54 Å². The second kappa shape index (κ2) is 7.85. The van der Waals surface area contributed by atoms with Crippen LogP contribution < -0.4 is 0 Å². The Hall–Kier alpha value is -2.55. The zero-order chi connectivity index (χ0) is 23.2. The van der Waals surface area contributed by atoms with Gasteiger partial charge in [0, 0.05) is 22.9 Å². The topological polar surface area (TPSA) is 83.9 Å². The SMILES string of the molecule is CC(C)(C)OC(=O)N1CC(F)(F)C[C@@]1(CC(=O)c1ccc2cc(Br)ccc2c1)C(=O)O. The van der Waals surface area contributed by atoms with Gasteiger partial charge in [0.15, 0.2) is 11.3 Å². The Bertz CT molecular complexity index is 1070. The van der Waals surface area contributed by atoms with Crippen LogP contribution in [0.1, 0.15) is 44.0 Å². The van der Waals surface area contributed by atoms with E-state index in [0.717, 1.165) is 15.2 Å². The fourth-order valence-electron chi connectivity index (χ4n) is 3.70. The average molecular weight is 498 g/mol. The molecule has 3 rings (SSSR count). The number of hydrogen-bond donors (Lipinski definition) is 1. The second-order valence-corrected chi connectivity index (χ2v) is 9.66. The number of likely N-dealkylation sites (tertiary alicyclic amines) is 1. The first kappa shape index (κ1) is 23.1. The number of alkyl halides is 2. The molecule has 166 valence electrons. The number of Topliss-reactive ketones (excluding diaryl/α,β-unsaturated/α-hetero) is 1. The minimum absolute atomic E-state index is 0.176. The number of carbonyl (C=O) groups is 3. The number of carboxylic acid groups (broad SMARTS) is 1. The molecule has 2 aromatic carbocycles. The lowest BCUT2D eigenvalue weighted by Crippen LogP contribution is -2.55. The third-order valence-corrected chi connectivity index (χ3v) is 5.54. The molecule has 9 heteroatoms. The molecule has 0 spiro atoms. The first-order chi connectivity index (χ1) is 14.2. The molecule has 1 aliphatic heterocycles. The number of benzene rings is 2. The number of carboxylic acids is 1. The summed E-state index contributed by atoms with van der Waals surface area (Å²) in [6.07, 6.45) is -3.15. The van der Waals surface area contributed by atoms with Crippen LogP contribution in [-0.4, -0.2) is 51.5 Å². The van der Waals surface area contributed by atoms with Crippen LogP contribution in [0.4, 0.5) is 13.6 Å². The minimum atomic E-state index is -3.47. The third-order valence-electron chi connectivity index (χ3n) is 5.05. The van der Waals surface area contributed by atoms with Crippen molar-refractivity contribution in [2.45, 2.75) is 50.7 Å². The molecule has 6 nitrogen and oxygen atoms in total. The maximum Gasteiger partial charge on any atom is 0.411 e. The van der Waals surface area contributed by atoms with Gasteiger partial charge in [-0.3, -0.25) is 9.69 Å². The van der Waals surface area contributed by atoms with Crippen molar-refractivity contribution in [3.05, 3.63) is 46.4 Å². The molecule has 0 bridgehead atoms. The number of rotatable bonds is 4. The van der Waals surface area contributed by atoms with E-state index in [1.54, 1.807) is 45.0 Å². The highest BCUT2D eigenvalue weighted by Crippen LogP contribution is 2.43. The van der Waals surface area contributed by atoms with Crippen LogP contribution in [0.25, 0.3) is 10.8 Å². The van der Waals surface area contributed by atoms with E-state index < -0.39 is 54.3 Å². The Labute approximate surface area is 186 Å². The number of ketones is 1. The van der Waals surface area contributed by atoms with E-state index in [1.807, 2.05) is 6.07 Å². The van der Waals surface area contributed by atoms with E-state index >= 15 is 0 Å². The van der Waals surface area contributed by atoms with Gasteiger partial charge in [-0.05, 0) is 49.7 Å². The molecule has 31 heavy (non-hydrogen) atoms. The van der Waals surface area contributed by atoms with Crippen LogP contribution in [0.5, 0.6) is 0 Å². The summed E-state index contributed by atoms with van der Waals surface area (Å²) in [5.41, 5.74) is -3.25. The average Bonchev–Trinajstić information content (AvgIpc) is 2.91. The van der Waals surface area contributed by atoms with Crippen LogP contribution in [0.2, 0.25) is 0 Å². The largest absolute Gasteiger partial charge is 0.479 e. The van der Waals surface area contributed by atoms with Gasteiger partial charge in [-0.15, -0.1) is 0 Å². The molecule has 1 atom stereocenters. The fourth-order valence-corrected chi connectivity index (χ4v) is 4.08. The van der Waals surface area contributed by atoms with Crippen molar-refractivity contribution in [2.75, 3.05) is 6.54 Å². The summed E-state index contributed by atoms with van der Waals surface area (Å²) in [6, 6.07) is 10.2. The van der Waals surface area contributed by atoms with Gasteiger partial charge in [-0.25, -0.2) is 18.4 Å². The Morgan fingerprint density at radius 3 is 2.35 bits per heavy atom. The van der Waals surface area contributed by atoms with Gasteiger partial charge in [0.2, 0.25) is 0 Å². The van der Waals surface area contributed by atoms with E-state index in [9.17, 15) is 28.3 Å². The molecular formula is C22H22BrF2NO5. The molecule has 1 heterocycles. The smallest absolute Gasteiger partial charge is 0.411 e. The zero-order valence-electron chi connectivity index (χ0n) is 17.2. The van der Waals surface area contributed by atoms with Crippen LogP contribution in [-0.2, 0) is 9.53 Å². The van der Waals surface area contributed by atoms with Crippen molar-refractivity contribution in [1.82, 2.24) is 4.90 Å². The monoisotopic (exact) mass is 497 g/mol. The Balaban J connectivity index is 1.97. The molecule has 1 aliphatic rings. The molecule has 1 fully saturated rings. The number of ether oxygens (including phenoxy) is 1. The number of hydrogen-bond acceptors (Lipinski definition) is 4. The van der Waals surface area contributed by atoms with Gasteiger partial charge in [0.1, 0.15) is 5.60 Å². The Kier molecular flexibility index (Phi) is 5.86. The molecule has 0 aliphatic carbocycles. The van der Waals surface area contributed by atoms with Gasteiger partial charge < -0.3 is 9.84 Å². The van der Waals surface area contributed by atoms with Crippen LogP contribution in [0, 0.1) is 0 Å². The minimum Gasteiger partial charge on any atom is -0.479 e. The quantitative estimate of drug-likeness (QED) is 0.581. The first-order valence-corrected chi connectivity index (χ1v) is 10.4. The highest BCUT2D eigenvalue weighted by atomic mass is 79.9.